The number of carbonyl (C=O) groups is 1. The number of hydrogen-bond donors (Lipinski definition) is 1. The summed E-state index contributed by atoms with van der Waals surface area (Å²) in [6.07, 6.45) is 2.69. The van der Waals surface area contributed by atoms with Gasteiger partial charge in [0.2, 0.25) is 11.8 Å². The predicted octanol–water partition coefficient (Wildman–Crippen LogP) is 1.71. The van der Waals surface area contributed by atoms with E-state index in [0.29, 0.717) is 11.7 Å². The van der Waals surface area contributed by atoms with Crippen LogP contribution in [-0.2, 0) is 17.9 Å². The molecule has 0 aliphatic carbocycles. The number of rotatable bonds is 3. The fourth-order valence-corrected chi connectivity index (χ4v) is 3.10. The van der Waals surface area contributed by atoms with Crippen LogP contribution >= 0.6 is 0 Å². The first-order valence-electron chi connectivity index (χ1n) is 8.11. The minimum atomic E-state index is -0.325. The second-order valence-electron chi connectivity index (χ2n) is 6.06. The first kappa shape index (κ1) is 14.8. The molecule has 24 heavy (non-hydrogen) atoms. The van der Waals surface area contributed by atoms with Crippen molar-refractivity contribution in [2.45, 2.75) is 45.2 Å². The molecule has 1 atom stereocenters. The molecule has 0 saturated carbocycles. The van der Waals surface area contributed by atoms with Crippen molar-refractivity contribution in [3.8, 4) is 0 Å². The van der Waals surface area contributed by atoms with Gasteiger partial charge in [-0.25, -0.2) is 9.67 Å². The molecule has 0 unspecified atom stereocenters. The van der Waals surface area contributed by atoms with E-state index in [-0.39, 0.29) is 18.4 Å². The maximum absolute atomic E-state index is 12.6. The Kier molecular flexibility index (Phi) is 3.72. The minimum absolute atomic E-state index is 0.0908. The highest BCUT2D eigenvalue weighted by molar-refractivity contribution is 5.82. The maximum atomic E-state index is 12.6. The fraction of sp³-hybridized carbons (Fsp3) is 0.438. The lowest BCUT2D eigenvalue weighted by atomic mass is 10.0. The highest BCUT2D eigenvalue weighted by Crippen LogP contribution is 2.24. The molecular weight excluding hydrogens is 308 g/mol. The van der Waals surface area contributed by atoms with E-state index in [1.165, 1.54) is 0 Å². The van der Waals surface area contributed by atoms with Gasteiger partial charge in [0.1, 0.15) is 5.52 Å². The van der Waals surface area contributed by atoms with Crippen molar-refractivity contribution in [2.75, 3.05) is 0 Å². The standard InChI is InChI=1S/C16H18N6O2/c1-10-5-4-7-12-14(10)18-13(24-12)9-17-16(23)11-6-2-3-8-22-15(11)19-20-21-22/h4-5,7,11H,2-3,6,8-9H2,1H3,(H,17,23)/t11-/m1/s1. The van der Waals surface area contributed by atoms with Gasteiger partial charge < -0.3 is 9.73 Å². The molecular formula is C16H18N6O2. The quantitative estimate of drug-likeness (QED) is 0.786. The number of nitrogens with one attached hydrogen (secondary N) is 1. The molecule has 8 heteroatoms. The normalized spacial score (nSPS) is 17.5. The Labute approximate surface area is 138 Å². The number of carbonyl (C=O) groups excluding carboxylic acids is 1. The molecule has 4 rings (SSSR count). The number of aromatic nitrogens is 5. The lowest BCUT2D eigenvalue weighted by Gasteiger charge is -2.12. The van der Waals surface area contributed by atoms with Gasteiger partial charge in [0.25, 0.3) is 0 Å². The molecule has 1 amide bonds. The first-order chi connectivity index (χ1) is 11.7. The summed E-state index contributed by atoms with van der Waals surface area (Å²) in [6.45, 7) is 3.00. The van der Waals surface area contributed by atoms with Crippen LogP contribution in [-0.4, -0.2) is 31.1 Å². The van der Waals surface area contributed by atoms with Gasteiger partial charge in [0.15, 0.2) is 11.4 Å². The monoisotopic (exact) mass is 326 g/mol. The molecule has 0 saturated heterocycles. The van der Waals surface area contributed by atoms with E-state index in [4.69, 9.17) is 4.42 Å². The molecule has 1 aliphatic heterocycles. The van der Waals surface area contributed by atoms with Gasteiger partial charge in [-0.05, 0) is 41.8 Å². The number of benzene rings is 1. The molecule has 0 spiro atoms. The molecule has 3 aromatic rings. The van der Waals surface area contributed by atoms with Crippen LogP contribution in [0.15, 0.2) is 22.6 Å². The van der Waals surface area contributed by atoms with Gasteiger partial charge >= 0.3 is 0 Å². The lowest BCUT2D eigenvalue weighted by Crippen LogP contribution is -2.30. The SMILES string of the molecule is Cc1cccc2oc(CNC(=O)[C@@H]3CCCCn4nnnc43)nc12. The van der Waals surface area contributed by atoms with Gasteiger partial charge in [-0.2, -0.15) is 0 Å². The number of oxazole rings is 1. The molecule has 0 radical (unpaired) electrons. The van der Waals surface area contributed by atoms with Crippen molar-refractivity contribution in [1.82, 2.24) is 30.5 Å². The number of hydrogen-bond acceptors (Lipinski definition) is 6. The van der Waals surface area contributed by atoms with Gasteiger partial charge in [0, 0.05) is 6.54 Å². The van der Waals surface area contributed by atoms with E-state index in [1.54, 1.807) is 4.68 Å². The van der Waals surface area contributed by atoms with E-state index >= 15 is 0 Å². The zero-order valence-electron chi connectivity index (χ0n) is 13.4. The molecule has 124 valence electrons. The molecule has 8 nitrogen and oxygen atoms in total. The Balaban J connectivity index is 1.49. The van der Waals surface area contributed by atoms with Crippen LogP contribution in [0, 0.1) is 6.92 Å². The van der Waals surface area contributed by atoms with E-state index in [9.17, 15) is 4.79 Å². The number of fused-ring (bicyclic) bond motifs is 2. The van der Waals surface area contributed by atoms with Gasteiger partial charge in [0.05, 0.1) is 12.5 Å². The average molecular weight is 326 g/mol. The predicted molar refractivity (Wildman–Crippen MR) is 85.0 cm³/mol. The van der Waals surface area contributed by atoms with Crippen molar-refractivity contribution in [3.63, 3.8) is 0 Å². The topological polar surface area (TPSA) is 98.7 Å². The van der Waals surface area contributed by atoms with Crippen molar-refractivity contribution in [2.24, 2.45) is 0 Å². The third kappa shape index (κ3) is 2.64. The highest BCUT2D eigenvalue weighted by atomic mass is 16.3. The largest absolute Gasteiger partial charge is 0.439 e. The van der Waals surface area contributed by atoms with Crippen LogP contribution in [0.1, 0.15) is 42.5 Å². The number of amides is 1. The van der Waals surface area contributed by atoms with E-state index < -0.39 is 0 Å². The van der Waals surface area contributed by atoms with Gasteiger partial charge in [-0.15, -0.1) is 5.10 Å². The summed E-state index contributed by atoms with van der Waals surface area (Å²) < 4.78 is 7.42. The Morgan fingerprint density at radius 2 is 2.33 bits per heavy atom. The Bertz CT molecular complexity index is 884. The van der Waals surface area contributed by atoms with Crippen molar-refractivity contribution >= 4 is 17.0 Å². The summed E-state index contributed by atoms with van der Waals surface area (Å²) in [4.78, 5) is 17.0. The molecule has 2 aromatic heterocycles. The van der Waals surface area contributed by atoms with Gasteiger partial charge in [-0.1, -0.05) is 18.6 Å². The van der Waals surface area contributed by atoms with Crippen LogP contribution < -0.4 is 5.32 Å². The maximum Gasteiger partial charge on any atom is 0.231 e. The average Bonchev–Trinajstić information content (AvgIpc) is 3.16. The van der Waals surface area contributed by atoms with Crippen molar-refractivity contribution < 1.29 is 9.21 Å². The smallest absolute Gasteiger partial charge is 0.231 e. The number of tetrazole rings is 1. The molecule has 0 fully saturated rings. The lowest BCUT2D eigenvalue weighted by molar-refractivity contribution is -0.123. The summed E-state index contributed by atoms with van der Waals surface area (Å²) >= 11 is 0. The molecule has 0 bridgehead atoms. The summed E-state index contributed by atoms with van der Waals surface area (Å²) in [5, 5.41) is 14.6. The fourth-order valence-electron chi connectivity index (χ4n) is 3.10. The van der Waals surface area contributed by atoms with Crippen LogP contribution in [0.4, 0.5) is 0 Å². The summed E-state index contributed by atoms with van der Waals surface area (Å²) in [5.41, 5.74) is 2.62. The van der Waals surface area contributed by atoms with Crippen LogP contribution in [0.2, 0.25) is 0 Å². The molecule has 1 aliphatic rings. The molecule has 1 aromatic carbocycles. The Morgan fingerprint density at radius 3 is 3.21 bits per heavy atom. The first-order valence-corrected chi connectivity index (χ1v) is 8.11. The third-order valence-corrected chi connectivity index (χ3v) is 4.38. The number of para-hydroxylation sites is 1. The van der Waals surface area contributed by atoms with E-state index in [0.717, 1.165) is 42.5 Å². The van der Waals surface area contributed by atoms with E-state index in [1.807, 2.05) is 25.1 Å². The van der Waals surface area contributed by atoms with Crippen molar-refractivity contribution in [3.05, 3.63) is 35.5 Å². The molecule has 1 N–H and O–H groups in total. The second-order valence-corrected chi connectivity index (χ2v) is 6.06. The van der Waals surface area contributed by atoms with Crippen LogP contribution in [0.25, 0.3) is 11.1 Å². The second kappa shape index (κ2) is 6.03. The Hall–Kier alpha value is -2.77. The molecule has 3 heterocycles. The van der Waals surface area contributed by atoms with Crippen molar-refractivity contribution in [1.29, 1.82) is 0 Å². The summed E-state index contributed by atoms with van der Waals surface area (Å²) in [5.74, 6) is 0.722. The van der Waals surface area contributed by atoms with Crippen LogP contribution in [0.3, 0.4) is 0 Å². The number of aryl methyl sites for hydroxylation is 2. The third-order valence-electron chi connectivity index (χ3n) is 4.38. The Morgan fingerprint density at radius 1 is 1.42 bits per heavy atom. The summed E-state index contributed by atoms with van der Waals surface area (Å²) in [7, 11) is 0. The minimum Gasteiger partial charge on any atom is -0.439 e. The zero-order valence-corrected chi connectivity index (χ0v) is 13.4. The van der Waals surface area contributed by atoms with Gasteiger partial charge in [-0.3, -0.25) is 4.79 Å². The van der Waals surface area contributed by atoms with Crippen LogP contribution in [0.5, 0.6) is 0 Å². The highest BCUT2D eigenvalue weighted by Gasteiger charge is 2.28. The van der Waals surface area contributed by atoms with E-state index in [2.05, 4.69) is 25.8 Å². The summed E-state index contributed by atoms with van der Waals surface area (Å²) in [6, 6.07) is 5.79. The zero-order chi connectivity index (χ0) is 16.5. The number of nitrogens with zero attached hydrogens (tertiary/aromatic N) is 5.